The van der Waals surface area contributed by atoms with E-state index in [9.17, 15) is 0 Å². The van der Waals surface area contributed by atoms with E-state index in [1.165, 1.54) is 44.5 Å². The van der Waals surface area contributed by atoms with E-state index in [0.717, 1.165) is 12.8 Å². The highest BCUT2D eigenvalue weighted by atomic mass is 16.5. The Bertz CT molecular complexity index is 898. The summed E-state index contributed by atoms with van der Waals surface area (Å²) in [4.78, 5) is 0. The van der Waals surface area contributed by atoms with Crippen molar-refractivity contribution in [3.8, 4) is 0 Å². The van der Waals surface area contributed by atoms with Crippen LogP contribution in [0.25, 0.3) is 0 Å². The summed E-state index contributed by atoms with van der Waals surface area (Å²) < 4.78 is 11.9. The van der Waals surface area contributed by atoms with Gasteiger partial charge in [0.1, 0.15) is 0 Å². The molecule has 0 aliphatic carbocycles. The van der Waals surface area contributed by atoms with Crippen LogP contribution in [0.15, 0.2) is 24.3 Å². The molecule has 2 nitrogen and oxygen atoms in total. The minimum Gasteiger partial charge on any atom is -0.374 e. The van der Waals surface area contributed by atoms with Crippen LogP contribution in [0.4, 0.5) is 0 Å². The van der Waals surface area contributed by atoms with Gasteiger partial charge in [-0.1, -0.05) is 65.8 Å². The minimum absolute atomic E-state index is 0.169. The summed E-state index contributed by atoms with van der Waals surface area (Å²) in [5, 5.41) is 0. The van der Waals surface area contributed by atoms with Gasteiger partial charge < -0.3 is 9.47 Å². The largest absolute Gasteiger partial charge is 0.374 e. The molecule has 0 spiro atoms. The van der Waals surface area contributed by atoms with E-state index in [-0.39, 0.29) is 10.8 Å². The lowest BCUT2D eigenvalue weighted by molar-refractivity contribution is 0.0335. The first-order valence-corrected chi connectivity index (χ1v) is 12.3. The van der Waals surface area contributed by atoms with Gasteiger partial charge in [-0.3, -0.25) is 0 Å². The molecule has 0 amide bonds. The number of aryl methyl sites for hydroxylation is 4. The number of ether oxygens (including phenoxy) is 2. The van der Waals surface area contributed by atoms with Gasteiger partial charge in [0.2, 0.25) is 0 Å². The molecule has 0 aliphatic rings. The van der Waals surface area contributed by atoms with Crippen molar-refractivity contribution in [2.24, 2.45) is 0 Å². The van der Waals surface area contributed by atoms with Crippen LogP contribution in [0.5, 0.6) is 0 Å². The minimum atomic E-state index is 0.169. The molecule has 0 saturated carbocycles. The Hall–Kier alpha value is -1.64. The molecule has 0 aliphatic heterocycles. The van der Waals surface area contributed by atoms with Crippen LogP contribution in [-0.4, -0.2) is 13.2 Å². The van der Waals surface area contributed by atoms with Gasteiger partial charge in [-0.15, -0.1) is 0 Å². The summed E-state index contributed by atoms with van der Waals surface area (Å²) >= 11 is 0. The average molecular weight is 439 g/mol. The molecule has 2 aromatic carbocycles. The van der Waals surface area contributed by atoms with E-state index in [2.05, 4.69) is 93.5 Å². The molecule has 0 unspecified atom stereocenters. The molecule has 0 N–H and O–H groups in total. The molecule has 0 saturated heterocycles. The van der Waals surface area contributed by atoms with Gasteiger partial charge in [-0.25, -0.2) is 0 Å². The molecule has 0 bridgehead atoms. The van der Waals surface area contributed by atoms with Crippen LogP contribution in [0, 0.1) is 27.7 Å². The first-order valence-electron chi connectivity index (χ1n) is 12.3. The van der Waals surface area contributed by atoms with E-state index in [1.807, 2.05) is 0 Å². The van der Waals surface area contributed by atoms with E-state index >= 15 is 0 Å². The lowest BCUT2D eigenvalue weighted by Crippen LogP contribution is -2.21. The maximum Gasteiger partial charge on any atom is 0.0720 e. The fourth-order valence-electron chi connectivity index (χ4n) is 4.63. The van der Waals surface area contributed by atoms with E-state index < -0.39 is 0 Å². The zero-order valence-electron chi connectivity index (χ0n) is 22.4. The zero-order valence-corrected chi connectivity index (χ0v) is 22.4. The van der Waals surface area contributed by atoms with E-state index in [0.29, 0.717) is 26.4 Å². The summed E-state index contributed by atoms with van der Waals surface area (Å²) in [7, 11) is 0. The van der Waals surface area contributed by atoms with Crippen molar-refractivity contribution in [1.82, 2.24) is 0 Å². The summed E-state index contributed by atoms with van der Waals surface area (Å²) in [6.07, 6.45) is 2.32. The topological polar surface area (TPSA) is 18.5 Å². The summed E-state index contributed by atoms with van der Waals surface area (Å²) in [5.74, 6) is 0. The van der Waals surface area contributed by atoms with Gasteiger partial charge in [0.05, 0.1) is 26.4 Å². The predicted octanol–water partition coefficient (Wildman–Crippen LogP) is 8.03. The van der Waals surface area contributed by atoms with Crippen LogP contribution in [0.3, 0.4) is 0 Å². The second-order valence-electron chi connectivity index (χ2n) is 10.8. The average Bonchev–Trinajstić information content (AvgIpc) is 2.73. The van der Waals surface area contributed by atoms with Gasteiger partial charge >= 0.3 is 0 Å². The second kappa shape index (κ2) is 11.0. The van der Waals surface area contributed by atoms with Gasteiger partial charge in [-0.05, 0) is 95.9 Å². The normalized spacial score (nSPS) is 12.4. The highest BCUT2D eigenvalue weighted by Crippen LogP contribution is 2.35. The Balaban J connectivity index is 1.88. The Morgan fingerprint density at radius 2 is 1.00 bits per heavy atom. The summed E-state index contributed by atoms with van der Waals surface area (Å²) in [6, 6.07) is 9.30. The first-order chi connectivity index (χ1) is 14.9. The predicted molar refractivity (Wildman–Crippen MR) is 138 cm³/mol. The van der Waals surface area contributed by atoms with Crippen molar-refractivity contribution in [3.05, 3.63) is 68.8 Å². The maximum atomic E-state index is 5.96. The maximum absolute atomic E-state index is 5.96. The third-order valence-electron chi connectivity index (χ3n) is 7.27. The van der Waals surface area contributed by atoms with Crippen molar-refractivity contribution in [1.29, 1.82) is 0 Å². The number of benzene rings is 2. The van der Waals surface area contributed by atoms with Gasteiger partial charge in [0.25, 0.3) is 0 Å². The standard InChI is InChI=1S/C30H46O2/c1-11-30(10,12-2)28-18-22(4)26(16-24(28)6)20-32-14-13-31-19-25-15-23(5)27(17-21(25)3)29(7,8)9/h15-18H,11-14,19-20H2,1-10H3. The van der Waals surface area contributed by atoms with Crippen molar-refractivity contribution < 1.29 is 9.47 Å². The number of hydrogen-bond acceptors (Lipinski definition) is 2. The molecule has 0 fully saturated rings. The van der Waals surface area contributed by atoms with Gasteiger partial charge in [0.15, 0.2) is 0 Å². The molecule has 0 aromatic heterocycles. The highest BCUT2D eigenvalue weighted by Gasteiger charge is 2.24. The SMILES string of the molecule is CCC(C)(CC)c1cc(C)c(COCCOCc2cc(C)c(C(C)(C)C)cc2C)cc1C. The van der Waals surface area contributed by atoms with Crippen molar-refractivity contribution in [3.63, 3.8) is 0 Å². The third-order valence-corrected chi connectivity index (χ3v) is 7.27. The summed E-state index contributed by atoms with van der Waals surface area (Å²) in [6.45, 7) is 25.1. The lowest BCUT2D eigenvalue weighted by Gasteiger charge is -2.30. The molecule has 0 atom stereocenters. The highest BCUT2D eigenvalue weighted by molar-refractivity contribution is 5.41. The molecule has 0 radical (unpaired) electrons. The fraction of sp³-hybridized carbons (Fsp3) is 0.600. The summed E-state index contributed by atoms with van der Waals surface area (Å²) in [5.41, 5.74) is 11.2. The van der Waals surface area contributed by atoms with Crippen LogP contribution >= 0.6 is 0 Å². The second-order valence-corrected chi connectivity index (χ2v) is 10.8. The molecule has 2 rings (SSSR count). The Morgan fingerprint density at radius 1 is 0.594 bits per heavy atom. The fourth-order valence-corrected chi connectivity index (χ4v) is 4.63. The van der Waals surface area contributed by atoms with E-state index in [4.69, 9.17) is 9.47 Å². The van der Waals surface area contributed by atoms with E-state index in [1.54, 1.807) is 0 Å². The van der Waals surface area contributed by atoms with Crippen LogP contribution in [-0.2, 0) is 33.5 Å². The number of rotatable bonds is 10. The van der Waals surface area contributed by atoms with Crippen molar-refractivity contribution in [2.75, 3.05) is 13.2 Å². The molecular weight excluding hydrogens is 392 g/mol. The Labute approximate surface area is 197 Å². The smallest absolute Gasteiger partial charge is 0.0720 e. The molecule has 2 heteroatoms. The zero-order chi connectivity index (χ0) is 24.1. The first kappa shape index (κ1) is 26.6. The van der Waals surface area contributed by atoms with Crippen LogP contribution in [0.2, 0.25) is 0 Å². The third kappa shape index (κ3) is 6.45. The molecule has 0 heterocycles. The van der Waals surface area contributed by atoms with Crippen LogP contribution < -0.4 is 0 Å². The Kier molecular flexibility index (Phi) is 9.14. The quantitative estimate of drug-likeness (QED) is 0.350. The number of hydrogen-bond donors (Lipinski definition) is 0. The Morgan fingerprint density at radius 3 is 1.41 bits per heavy atom. The lowest BCUT2D eigenvalue weighted by atomic mass is 9.75. The molecule has 32 heavy (non-hydrogen) atoms. The van der Waals surface area contributed by atoms with Gasteiger partial charge in [-0.2, -0.15) is 0 Å². The monoisotopic (exact) mass is 438 g/mol. The molecular formula is C30H46O2. The molecule has 178 valence electrons. The van der Waals surface area contributed by atoms with Crippen molar-refractivity contribution >= 4 is 0 Å². The molecule has 2 aromatic rings. The van der Waals surface area contributed by atoms with Crippen molar-refractivity contribution in [2.45, 2.75) is 106 Å². The van der Waals surface area contributed by atoms with Crippen LogP contribution in [0.1, 0.15) is 98.9 Å². The van der Waals surface area contributed by atoms with Gasteiger partial charge in [0, 0.05) is 0 Å².